The van der Waals surface area contributed by atoms with Gasteiger partial charge in [-0.25, -0.2) is 4.39 Å². The quantitative estimate of drug-likeness (QED) is 0.631. The van der Waals surface area contributed by atoms with Gasteiger partial charge < -0.3 is 0 Å². The zero-order valence-electron chi connectivity index (χ0n) is 11.9. The van der Waals surface area contributed by atoms with E-state index in [1.807, 2.05) is 6.07 Å². The lowest BCUT2D eigenvalue weighted by molar-refractivity contribution is 0.285. The highest BCUT2D eigenvalue weighted by Gasteiger charge is 2.21. The van der Waals surface area contributed by atoms with E-state index in [4.69, 9.17) is 5.84 Å². The van der Waals surface area contributed by atoms with E-state index in [1.54, 1.807) is 6.07 Å². The summed E-state index contributed by atoms with van der Waals surface area (Å²) >= 11 is 3.35. The smallest absolute Gasteiger partial charge is 0.124 e. The number of hydrogen-bond acceptors (Lipinski definition) is 2. The van der Waals surface area contributed by atoms with E-state index in [0.717, 1.165) is 16.5 Å². The molecule has 20 heavy (non-hydrogen) atoms. The van der Waals surface area contributed by atoms with Crippen LogP contribution in [0.1, 0.15) is 50.5 Å². The SMILES string of the molecule is NNC(Cc1cc(F)cc(Br)c1)C1CCCCCCC1. The number of hydrogen-bond donors (Lipinski definition) is 2. The summed E-state index contributed by atoms with van der Waals surface area (Å²) in [7, 11) is 0. The van der Waals surface area contributed by atoms with Crippen molar-refractivity contribution in [3.05, 3.63) is 34.1 Å². The predicted molar refractivity (Wildman–Crippen MR) is 84.7 cm³/mol. The molecule has 1 unspecified atom stereocenters. The van der Waals surface area contributed by atoms with E-state index in [-0.39, 0.29) is 11.9 Å². The van der Waals surface area contributed by atoms with Crippen molar-refractivity contribution in [3.8, 4) is 0 Å². The number of benzene rings is 1. The number of hydrazine groups is 1. The van der Waals surface area contributed by atoms with E-state index in [9.17, 15) is 4.39 Å². The molecule has 0 aromatic heterocycles. The van der Waals surface area contributed by atoms with Gasteiger partial charge in [0.1, 0.15) is 5.82 Å². The summed E-state index contributed by atoms with van der Waals surface area (Å²) in [6.45, 7) is 0. The first kappa shape index (κ1) is 15.9. The second-order valence-corrected chi connectivity index (χ2v) is 6.78. The minimum atomic E-state index is -0.192. The number of nitrogens with two attached hydrogens (primary N) is 1. The minimum absolute atomic E-state index is 0.192. The Morgan fingerprint density at radius 2 is 1.80 bits per heavy atom. The maximum Gasteiger partial charge on any atom is 0.124 e. The fraction of sp³-hybridized carbons (Fsp3) is 0.625. The molecular weight excluding hydrogens is 319 g/mol. The zero-order valence-corrected chi connectivity index (χ0v) is 13.5. The van der Waals surface area contributed by atoms with Gasteiger partial charge in [0, 0.05) is 10.5 Å². The number of nitrogens with one attached hydrogen (secondary N) is 1. The molecule has 0 saturated heterocycles. The topological polar surface area (TPSA) is 38.0 Å². The molecule has 1 aliphatic carbocycles. The third-order valence-electron chi connectivity index (χ3n) is 4.31. The molecule has 2 rings (SSSR count). The summed E-state index contributed by atoms with van der Waals surface area (Å²) in [4.78, 5) is 0. The minimum Gasteiger partial charge on any atom is -0.271 e. The summed E-state index contributed by atoms with van der Waals surface area (Å²) in [5, 5.41) is 0. The van der Waals surface area contributed by atoms with Gasteiger partial charge in [-0.15, -0.1) is 0 Å². The van der Waals surface area contributed by atoms with E-state index in [0.29, 0.717) is 5.92 Å². The highest BCUT2D eigenvalue weighted by atomic mass is 79.9. The van der Waals surface area contributed by atoms with Crippen LogP contribution in [-0.4, -0.2) is 6.04 Å². The van der Waals surface area contributed by atoms with Gasteiger partial charge in [0.05, 0.1) is 0 Å². The molecule has 1 saturated carbocycles. The van der Waals surface area contributed by atoms with Crippen LogP contribution in [0.3, 0.4) is 0 Å². The molecule has 1 aliphatic rings. The first-order valence-corrected chi connectivity index (χ1v) is 8.39. The van der Waals surface area contributed by atoms with Crippen LogP contribution in [0.2, 0.25) is 0 Å². The van der Waals surface area contributed by atoms with Gasteiger partial charge in [0.15, 0.2) is 0 Å². The van der Waals surface area contributed by atoms with Crippen LogP contribution in [0.25, 0.3) is 0 Å². The Morgan fingerprint density at radius 1 is 1.15 bits per heavy atom. The van der Waals surface area contributed by atoms with Gasteiger partial charge in [-0.05, 0) is 48.9 Å². The van der Waals surface area contributed by atoms with Gasteiger partial charge in [0.2, 0.25) is 0 Å². The molecule has 0 bridgehead atoms. The third kappa shape index (κ3) is 4.83. The summed E-state index contributed by atoms with van der Waals surface area (Å²) in [6, 6.07) is 5.32. The molecular formula is C16H24BrFN2. The molecule has 1 aromatic rings. The molecule has 4 heteroatoms. The van der Waals surface area contributed by atoms with Crippen LogP contribution in [-0.2, 0) is 6.42 Å². The summed E-state index contributed by atoms with van der Waals surface area (Å²) < 4.78 is 14.3. The molecule has 1 atom stereocenters. The maximum atomic E-state index is 13.5. The normalized spacial score (nSPS) is 19.4. The van der Waals surface area contributed by atoms with Crippen molar-refractivity contribution >= 4 is 15.9 Å². The predicted octanol–water partition coefficient (Wildman–Crippen LogP) is 4.32. The Balaban J connectivity index is 2.02. The maximum absolute atomic E-state index is 13.5. The lowest BCUT2D eigenvalue weighted by Gasteiger charge is -2.28. The molecule has 2 nitrogen and oxygen atoms in total. The van der Waals surface area contributed by atoms with Crippen molar-refractivity contribution in [2.75, 3.05) is 0 Å². The Labute approximate surface area is 129 Å². The van der Waals surface area contributed by atoms with Crippen LogP contribution in [0.15, 0.2) is 22.7 Å². The second-order valence-electron chi connectivity index (χ2n) is 5.86. The van der Waals surface area contributed by atoms with Crippen LogP contribution in [0.4, 0.5) is 4.39 Å². The standard InChI is InChI=1S/C16H24BrFN2/c17-14-8-12(9-15(18)11-14)10-16(20-19)13-6-4-2-1-3-5-7-13/h8-9,11,13,16,20H,1-7,10,19H2. The lowest BCUT2D eigenvalue weighted by Crippen LogP contribution is -2.42. The Morgan fingerprint density at radius 3 is 2.40 bits per heavy atom. The Kier molecular flexibility index (Phi) is 6.46. The van der Waals surface area contributed by atoms with Gasteiger partial charge >= 0.3 is 0 Å². The number of halogens is 2. The average Bonchev–Trinajstić information content (AvgIpc) is 2.35. The van der Waals surface area contributed by atoms with Crippen molar-refractivity contribution in [3.63, 3.8) is 0 Å². The molecule has 3 N–H and O–H groups in total. The molecule has 0 amide bonds. The van der Waals surface area contributed by atoms with E-state index in [1.165, 1.54) is 51.0 Å². The van der Waals surface area contributed by atoms with Crippen molar-refractivity contribution in [1.29, 1.82) is 0 Å². The molecule has 0 radical (unpaired) electrons. The zero-order chi connectivity index (χ0) is 14.4. The third-order valence-corrected chi connectivity index (χ3v) is 4.77. The van der Waals surface area contributed by atoms with E-state index >= 15 is 0 Å². The number of rotatable bonds is 4. The fourth-order valence-electron chi connectivity index (χ4n) is 3.23. The highest BCUT2D eigenvalue weighted by Crippen LogP contribution is 2.27. The van der Waals surface area contributed by atoms with Gasteiger partial charge in [-0.2, -0.15) is 0 Å². The summed E-state index contributed by atoms with van der Waals surface area (Å²) in [6.07, 6.45) is 9.85. The van der Waals surface area contributed by atoms with Gasteiger partial charge in [-0.1, -0.05) is 48.0 Å². The van der Waals surface area contributed by atoms with Crippen molar-refractivity contribution in [1.82, 2.24) is 5.43 Å². The second kappa shape index (κ2) is 8.11. The fourth-order valence-corrected chi connectivity index (χ4v) is 3.75. The molecule has 0 heterocycles. The van der Waals surface area contributed by atoms with Gasteiger partial charge in [-0.3, -0.25) is 11.3 Å². The first-order chi connectivity index (χ1) is 9.69. The summed E-state index contributed by atoms with van der Waals surface area (Å²) in [5.41, 5.74) is 3.97. The van der Waals surface area contributed by atoms with Crippen LogP contribution in [0, 0.1) is 11.7 Å². The lowest BCUT2D eigenvalue weighted by atomic mass is 9.83. The molecule has 0 aliphatic heterocycles. The van der Waals surface area contributed by atoms with Crippen LogP contribution < -0.4 is 11.3 Å². The van der Waals surface area contributed by atoms with Crippen molar-refractivity contribution in [2.45, 2.75) is 57.4 Å². The van der Waals surface area contributed by atoms with E-state index in [2.05, 4.69) is 21.4 Å². The monoisotopic (exact) mass is 342 g/mol. The summed E-state index contributed by atoms with van der Waals surface area (Å²) in [5.74, 6) is 6.17. The van der Waals surface area contributed by atoms with Crippen LogP contribution in [0.5, 0.6) is 0 Å². The molecule has 112 valence electrons. The van der Waals surface area contributed by atoms with Crippen molar-refractivity contribution < 1.29 is 4.39 Å². The first-order valence-electron chi connectivity index (χ1n) is 7.60. The Bertz CT molecular complexity index is 397. The van der Waals surface area contributed by atoms with E-state index < -0.39 is 0 Å². The molecule has 0 spiro atoms. The largest absolute Gasteiger partial charge is 0.271 e. The Hall–Kier alpha value is -0.450. The molecule has 1 fully saturated rings. The van der Waals surface area contributed by atoms with Gasteiger partial charge in [0.25, 0.3) is 0 Å². The van der Waals surface area contributed by atoms with Crippen molar-refractivity contribution in [2.24, 2.45) is 11.8 Å². The molecule has 1 aromatic carbocycles. The highest BCUT2D eigenvalue weighted by molar-refractivity contribution is 9.10. The van der Waals surface area contributed by atoms with Crippen LogP contribution >= 0.6 is 15.9 Å². The average molecular weight is 343 g/mol.